The molecule has 6 heteroatoms. The molecule has 0 saturated carbocycles. The third-order valence-corrected chi connectivity index (χ3v) is 3.52. The van der Waals surface area contributed by atoms with E-state index in [1.54, 1.807) is 6.33 Å². The van der Waals surface area contributed by atoms with Crippen molar-refractivity contribution in [2.75, 3.05) is 31.1 Å². The largest absolute Gasteiger partial charge is 0.354 e. The molecule has 1 saturated heterocycles. The zero-order valence-corrected chi connectivity index (χ0v) is 11.1. The van der Waals surface area contributed by atoms with Gasteiger partial charge in [0, 0.05) is 39.4 Å². The van der Waals surface area contributed by atoms with Crippen molar-refractivity contribution in [1.29, 1.82) is 0 Å². The van der Waals surface area contributed by atoms with Crippen molar-refractivity contribution in [1.82, 2.24) is 24.6 Å². The van der Waals surface area contributed by atoms with Gasteiger partial charge in [0.2, 0.25) is 0 Å². The SMILES string of the molecule is Cn1ncnc1CN1CCN(c2ccccn2)CC1. The first-order valence-corrected chi connectivity index (χ1v) is 6.54. The van der Waals surface area contributed by atoms with Gasteiger partial charge in [0.25, 0.3) is 0 Å². The van der Waals surface area contributed by atoms with Crippen molar-refractivity contribution in [2.45, 2.75) is 6.54 Å². The van der Waals surface area contributed by atoms with Gasteiger partial charge in [-0.2, -0.15) is 5.10 Å². The van der Waals surface area contributed by atoms with Crippen molar-refractivity contribution in [3.05, 3.63) is 36.5 Å². The highest BCUT2D eigenvalue weighted by molar-refractivity contribution is 5.38. The Balaban J connectivity index is 1.57. The molecule has 0 unspecified atom stereocenters. The molecular weight excluding hydrogens is 240 g/mol. The average molecular weight is 258 g/mol. The second-order valence-corrected chi connectivity index (χ2v) is 4.75. The van der Waals surface area contributed by atoms with E-state index in [2.05, 4.69) is 30.9 Å². The fourth-order valence-corrected chi connectivity index (χ4v) is 2.34. The van der Waals surface area contributed by atoms with E-state index in [0.29, 0.717) is 0 Å². The van der Waals surface area contributed by atoms with Crippen molar-refractivity contribution < 1.29 is 0 Å². The predicted molar refractivity (Wildman–Crippen MR) is 72.7 cm³/mol. The Morgan fingerprint density at radius 3 is 2.58 bits per heavy atom. The summed E-state index contributed by atoms with van der Waals surface area (Å²) in [6.07, 6.45) is 3.46. The summed E-state index contributed by atoms with van der Waals surface area (Å²) >= 11 is 0. The van der Waals surface area contributed by atoms with Gasteiger partial charge in [-0.25, -0.2) is 9.97 Å². The molecule has 0 atom stereocenters. The quantitative estimate of drug-likeness (QED) is 0.804. The zero-order chi connectivity index (χ0) is 13.1. The number of hydrogen-bond acceptors (Lipinski definition) is 5. The highest BCUT2D eigenvalue weighted by Gasteiger charge is 2.18. The highest BCUT2D eigenvalue weighted by atomic mass is 15.3. The monoisotopic (exact) mass is 258 g/mol. The maximum absolute atomic E-state index is 4.40. The van der Waals surface area contributed by atoms with Crippen LogP contribution >= 0.6 is 0 Å². The standard InChI is InChI=1S/C13H18N6/c1-17-13(15-11-16-17)10-18-6-8-19(9-7-18)12-4-2-3-5-14-12/h2-5,11H,6-10H2,1H3. The molecule has 0 N–H and O–H groups in total. The Kier molecular flexibility index (Phi) is 3.41. The molecule has 2 aromatic heterocycles. The van der Waals surface area contributed by atoms with E-state index >= 15 is 0 Å². The molecule has 0 aliphatic carbocycles. The van der Waals surface area contributed by atoms with Gasteiger partial charge in [0.15, 0.2) is 0 Å². The molecule has 0 radical (unpaired) electrons. The average Bonchev–Trinajstić information content (AvgIpc) is 2.86. The molecule has 1 aliphatic rings. The van der Waals surface area contributed by atoms with Gasteiger partial charge < -0.3 is 4.90 Å². The molecule has 0 aromatic carbocycles. The summed E-state index contributed by atoms with van der Waals surface area (Å²) in [5.74, 6) is 2.09. The minimum Gasteiger partial charge on any atom is -0.354 e. The Morgan fingerprint density at radius 2 is 1.95 bits per heavy atom. The van der Waals surface area contributed by atoms with Crippen LogP contribution in [0.5, 0.6) is 0 Å². The maximum Gasteiger partial charge on any atom is 0.140 e. The summed E-state index contributed by atoms with van der Waals surface area (Å²) in [7, 11) is 1.94. The van der Waals surface area contributed by atoms with Crippen LogP contribution in [0, 0.1) is 0 Å². The summed E-state index contributed by atoms with van der Waals surface area (Å²) in [6.45, 7) is 4.95. The number of piperazine rings is 1. The summed E-state index contributed by atoms with van der Waals surface area (Å²) in [5, 5.41) is 4.10. The molecule has 19 heavy (non-hydrogen) atoms. The molecule has 0 bridgehead atoms. The summed E-state index contributed by atoms with van der Waals surface area (Å²) in [4.78, 5) is 13.4. The van der Waals surface area contributed by atoms with E-state index < -0.39 is 0 Å². The van der Waals surface area contributed by atoms with E-state index in [9.17, 15) is 0 Å². The molecule has 100 valence electrons. The van der Waals surface area contributed by atoms with Crippen molar-refractivity contribution in [2.24, 2.45) is 7.05 Å². The number of aryl methyl sites for hydroxylation is 1. The number of nitrogens with zero attached hydrogens (tertiary/aromatic N) is 6. The van der Waals surface area contributed by atoms with Crippen molar-refractivity contribution >= 4 is 5.82 Å². The van der Waals surface area contributed by atoms with Gasteiger partial charge in [-0.15, -0.1) is 0 Å². The summed E-state index contributed by atoms with van der Waals surface area (Å²) in [6, 6.07) is 6.06. The van der Waals surface area contributed by atoms with Crippen LogP contribution in [0.15, 0.2) is 30.7 Å². The van der Waals surface area contributed by atoms with Crippen molar-refractivity contribution in [3.8, 4) is 0 Å². The van der Waals surface area contributed by atoms with Crippen LogP contribution in [0.4, 0.5) is 5.82 Å². The number of aromatic nitrogens is 4. The Hall–Kier alpha value is -1.95. The van der Waals surface area contributed by atoms with Gasteiger partial charge in [-0.3, -0.25) is 9.58 Å². The molecule has 3 rings (SSSR count). The van der Waals surface area contributed by atoms with E-state index in [1.165, 1.54) is 0 Å². The Labute approximate surface area is 112 Å². The second-order valence-electron chi connectivity index (χ2n) is 4.75. The molecule has 1 fully saturated rings. The lowest BCUT2D eigenvalue weighted by Crippen LogP contribution is -2.46. The van der Waals surface area contributed by atoms with Gasteiger partial charge in [0.05, 0.1) is 6.54 Å². The lowest BCUT2D eigenvalue weighted by Gasteiger charge is -2.35. The minimum atomic E-state index is 0.868. The first-order chi connectivity index (χ1) is 9.33. The normalized spacial score (nSPS) is 16.8. The third-order valence-electron chi connectivity index (χ3n) is 3.52. The number of hydrogen-bond donors (Lipinski definition) is 0. The topological polar surface area (TPSA) is 50.1 Å². The molecule has 1 aliphatic heterocycles. The molecular formula is C13H18N6. The smallest absolute Gasteiger partial charge is 0.140 e. The number of rotatable bonds is 3. The third kappa shape index (κ3) is 2.73. The van der Waals surface area contributed by atoms with Crippen LogP contribution in [0.2, 0.25) is 0 Å². The maximum atomic E-state index is 4.40. The molecule has 3 heterocycles. The summed E-state index contributed by atoms with van der Waals surface area (Å²) in [5.41, 5.74) is 0. The van der Waals surface area contributed by atoms with Gasteiger partial charge >= 0.3 is 0 Å². The van der Waals surface area contributed by atoms with Crippen LogP contribution in [0.1, 0.15) is 5.82 Å². The zero-order valence-electron chi connectivity index (χ0n) is 11.1. The predicted octanol–water partition coefficient (Wildman–Crippen LogP) is 0.532. The summed E-state index contributed by atoms with van der Waals surface area (Å²) < 4.78 is 1.84. The number of anilines is 1. The highest BCUT2D eigenvalue weighted by Crippen LogP contribution is 2.13. The van der Waals surface area contributed by atoms with Gasteiger partial charge in [-0.05, 0) is 12.1 Å². The minimum absolute atomic E-state index is 0.868. The molecule has 0 amide bonds. The Bertz CT molecular complexity index is 515. The first-order valence-electron chi connectivity index (χ1n) is 6.54. The molecule has 0 spiro atoms. The van der Waals surface area contributed by atoms with Crippen molar-refractivity contribution in [3.63, 3.8) is 0 Å². The van der Waals surface area contributed by atoms with E-state index in [1.807, 2.05) is 30.1 Å². The van der Waals surface area contributed by atoms with E-state index in [4.69, 9.17) is 0 Å². The van der Waals surface area contributed by atoms with Crippen LogP contribution in [0.3, 0.4) is 0 Å². The Morgan fingerprint density at radius 1 is 1.11 bits per heavy atom. The number of pyridine rings is 1. The van der Waals surface area contributed by atoms with E-state index in [-0.39, 0.29) is 0 Å². The van der Waals surface area contributed by atoms with Crippen LogP contribution < -0.4 is 4.90 Å². The lowest BCUT2D eigenvalue weighted by molar-refractivity contribution is 0.240. The molecule has 6 nitrogen and oxygen atoms in total. The second kappa shape index (κ2) is 5.36. The van der Waals surface area contributed by atoms with Crippen LogP contribution in [0.25, 0.3) is 0 Å². The first kappa shape index (κ1) is 12.1. The van der Waals surface area contributed by atoms with E-state index in [0.717, 1.165) is 44.4 Å². The van der Waals surface area contributed by atoms with Gasteiger partial charge in [-0.1, -0.05) is 6.07 Å². The molecule has 2 aromatic rings. The van der Waals surface area contributed by atoms with Gasteiger partial charge in [0.1, 0.15) is 18.0 Å². The van der Waals surface area contributed by atoms with Crippen LogP contribution in [-0.2, 0) is 13.6 Å². The fourth-order valence-electron chi connectivity index (χ4n) is 2.34. The fraction of sp³-hybridized carbons (Fsp3) is 0.462. The lowest BCUT2D eigenvalue weighted by atomic mass is 10.3. The van der Waals surface area contributed by atoms with Crippen LogP contribution in [-0.4, -0.2) is 50.8 Å².